The molecule has 104 valence electrons. The number of rotatable bonds is 3. The van der Waals surface area contributed by atoms with Gasteiger partial charge in [-0.15, -0.1) is 0 Å². The van der Waals surface area contributed by atoms with Crippen LogP contribution in [0.1, 0.15) is 18.7 Å². The molecule has 2 N–H and O–H groups in total. The monoisotopic (exact) mass is 266 g/mol. The van der Waals surface area contributed by atoms with E-state index >= 15 is 0 Å². The summed E-state index contributed by atoms with van der Waals surface area (Å²) < 4.78 is 1.84. The van der Waals surface area contributed by atoms with Crippen LogP contribution in [-0.2, 0) is 18.4 Å². The summed E-state index contributed by atoms with van der Waals surface area (Å²) >= 11 is 0. The second-order valence-electron chi connectivity index (χ2n) is 4.71. The minimum Gasteiger partial charge on any atom is -0.481 e. The molecule has 7 heteroatoms. The molecule has 2 rings (SSSR count). The first kappa shape index (κ1) is 13.4. The first-order valence-electron chi connectivity index (χ1n) is 6.29. The van der Waals surface area contributed by atoms with Crippen LogP contribution in [0, 0.1) is 5.92 Å². The zero-order valence-corrected chi connectivity index (χ0v) is 10.9. The van der Waals surface area contributed by atoms with Crippen LogP contribution in [0.25, 0.3) is 0 Å². The molecule has 1 aromatic rings. The fourth-order valence-corrected chi connectivity index (χ4v) is 2.16. The van der Waals surface area contributed by atoms with Crippen molar-refractivity contribution in [2.75, 3.05) is 13.1 Å². The number of aryl methyl sites for hydroxylation is 1. The van der Waals surface area contributed by atoms with E-state index in [0.717, 1.165) is 5.82 Å². The highest BCUT2D eigenvalue weighted by atomic mass is 16.4. The minimum absolute atomic E-state index is 0.160. The number of nitrogens with zero attached hydrogens (tertiary/aromatic N) is 3. The van der Waals surface area contributed by atoms with Gasteiger partial charge in [0, 0.05) is 32.5 Å². The van der Waals surface area contributed by atoms with Gasteiger partial charge in [0.1, 0.15) is 5.82 Å². The maximum atomic E-state index is 11.9. The number of nitrogens with one attached hydrogen (secondary N) is 1. The number of carbonyl (C=O) groups is 2. The maximum Gasteiger partial charge on any atom is 0.317 e. The lowest BCUT2D eigenvalue weighted by molar-refractivity contribution is -0.143. The Morgan fingerprint density at radius 1 is 1.47 bits per heavy atom. The number of likely N-dealkylation sites (tertiary alicyclic amines) is 1. The predicted octanol–water partition coefficient (Wildman–Crippen LogP) is 0.426. The van der Waals surface area contributed by atoms with Crippen molar-refractivity contribution in [1.82, 2.24) is 19.8 Å². The Bertz CT molecular complexity index is 463. The SMILES string of the molecule is Cn1ccnc1CNC(=O)N1CCC(C(=O)O)CC1. The highest BCUT2D eigenvalue weighted by Crippen LogP contribution is 2.17. The van der Waals surface area contributed by atoms with Gasteiger partial charge in [0.2, 0.25) is 0 Å². The molecular formula is C12H18N4O3. The van der Waals surface area contributed by atoms with E-state index in [-0.39, 0.29) is 11.9 Å². The Balaban J connectivity index is 1.79. The third-order valence-electron chi connectivity index (χ3n) is 3.45. The van der Waals surface area contributed by atoms with Crippen molar-refractivity contribution >= 4 is 12.0 Å². The standard InChI is InChI=1S/C12H18N4O3/c1-15-7-4-13-10(15)8-14-12(19)16-5-2-9(3-6-16)11(17)18/h4,7,9H,2-3,5-6,8H2,1H3,(H,14,19)(H,17,18). The van der Waals surface area contributed by atoms with Crippen LogP contribution >= 0.6 is 0 Å². The van der Waals surface area contributed by atoms with E-state index in [9.17, 15) is 9.59 Å². The Labute approximate surface area is 111 Å². The van der Waals surface area contributed by atoms with Crippen molar-refractivity contribution < 1.29 is 14.7 Å². The van der Waals surface area contributed by atoms with Crippen LogP contribution < -0.4 is 5.32 Å². The largest absolute Gasteiger partial charge is 0.481 e. The summed E-state index contributed by atoms with van der Waals surface area (Å²) in [6, 6.07) is -0.160. The first-order valence-corrected chi connectivity index (χ1v) is 6.29. The number of amides is 2. The van der Waals surface area contributed by atoms with Gasteiger partial charge in [-0.25, -0.2) is 9.78 Å². The number of urea groups is 1. The molecule has 2 heterocycles. The maximum absolute atomic E-state index is 11.9. The Hall–Kier alpha value is -2.05. The highest BCUT2D eigenvalue weighted by molar-refractivity contribution is 5.75. The molecule has 0 unspecified atom stereocenters. The Morgan fingerprint density at radius 2 is 2.16 bits per heavy atom. The highest BCUT2D eigenvalue weighted by Gasteiger charge is 2.26. The molecule has 0 aliphatic carbocycles. The average molecular weight is 266 g/mol. The molecule has 0 bridgehead atoms. The van der Waals surface area contributed by atoms with Crippen molar-refractivity contribution in [3.63, 3.8) is 0 Å². The van der Waals surface area contributed by atoms with Crippen LogP contribution in [0.3, 0.4) is 0 Å². The van der Waals surface area contributed by atoms with Crippen molar-refractivity contribution in [3.8, 4) is 0 Å². The van der Waals surface area contributed by atoms with Crippen molar-refractivity contribution in [3.05, 3.63) is 18.2 Å². The molecule has 1 aliphatic heterocycles. The van der Waals surface area contributed by atoms with Gasteiger partial charge in [-0.3, -0.25) is 4.79 Å². The van der Waals surface area contributed by atoms with E-state index in [1.807, 2.05) is 17.8 Å². The Kier molecular flexibility index (Phi) is 4.03. The van der Waals surface area contributed by atoms with Crippen LogP contribution in [0.2, 0.25) is 0 Å². The second-order valence-corrected chi connectivity index (χ2v) is 4.71. The van der Waals surface area contributed by atoms with E-state index in [1.54, 1.807) is 11.1 Å². The normalized spacial score (nSPS) is 16.4. The fourth-order valence-electron chi connectivity index (χ4n) is 2.16. The molecule has 0 atom stereocenters. The van der Waals surface area contributed by atoms with Crippen molar-refractivity contribution in [2.24, 2.45) is 13.0 Å². The molecule has 1 aromatic heterocycles. The number of carboxylic acid groups (broad SMARTS) is 1. The van der Waals surface area contributed by atoms with Crippen LogP contribution in [0.15, 0.2) is 12.4 Å². The molecule has 0 spiro atoms. The van der Waals surface area contributed by atoms with Gasteiger partial charge >= 0.3 is 12.0 Å². The van der Waals surface area contributed by atoms with Gasteiger partial charge in [-0.1, -0.05) is 0 Å². The van der Waals surface area contributed by atoms with Gasteiger partial charge in [0.25, 0.3) is 0 Å². The predicted molar refractivity (Wildman–Crippen MR) is 67.4 cm³/mol. The molecule has 1 fully saturated rings. The smallest absolute Gasteiger partial charge is 0.317 e. The van der Waals surface area contributed by atoms with E-state index < -0.39 is 5.97 Å². The molecule has 1 saturated heterocycles. The van der Waals surface area contributed by atoms with E-state index in [2.05, 4.69) is 10.3 Å². The molecule has 19 heavy (non-hydrogen) atoms. The number of imidazole rings is 1. The number of hydrogen-bond acceptors (Lipinski definition) is 3. The molecular weight excluding hydrogens is 248 g/mol. The summed E-state index contributed by atoms with van der Waals surface area (Å²) in [5, 5.41) is 11.7. The van der Waals surface area contributed by atoms with Gasteiger partial charge in [-0.2, -0.15) is 0 Å². The lowest BCUT2D eigenvalue weighted by atomic mass is 9.97. The summed E-state index contributed by atoms with van der Waals surface area (Å²) in [4.78, 5) is 28.5. The van der Waals surface area contributed by atoms with Crippen molar-refractivity contribution in [1.29, 1.82) is 0 Å². The van der Waals surface area contributed by atoms with E-state index in [4.69, 9.17) is 5.11 Å². The van der Waals surface area contributed by atoms with Gasteiger partial charge in [0.05, 0.1) is 12.5 Å². The number of aromatic nitrogens is 2. The summed E-state index contributed by atoms with van der Waals surface area (Å²) in [7, 11) is 1.87. The quantitative estimate of drug-likeness (QED) is 0.830. The summed E-state index contributed by atoms with van der Waals surface area (Å²) in [5.41, 5.74) is 0. The molecule has 1 aliphatic rings. The summed E-state index contributed by atoms with van der Waals surface area (Å²) in [6.07, 6.45) is 4.54. The van der Waals surface area contributed by atoms with Gasteiger partial charge in [0.15, 0.2) is 0 Å². The van der Waals surface area contributed by atoms with Crippen LogP contribution in [0.5, 0.6) is 0 Å². The molecule has 2 amide bonds. The molecule has 0 saturated carbocycles. The third kappa shape index (κ3) is 3.24. The summed E-state index contributed by atoms with van der Waals surface area (Å²) in [5.74, 6) is -0.305. The topological polar surface area (TPSA) is 87.5 Å². The minimum atomic E-state index is -0.770. The average Bonchev–Trinajstić information content (AvgIpc) is 2.81. The number of carboxylic acids is 1. The lowest BCUT2D eigenvalue weighted by Crippen LogP contribution is -2.45. The molecule has 0 aromatic carbocycles. The van der Waals surface area contributed by atoms with Gasteiger partial charge in [-0.05, 0) is 12.8 Å². The number of piperidine rings is 1. The first-order chi connectivity index (χ1) is 9.08. The van der Waals surface area contributed by atoms with Crippen molar-refractivity contribution in [2.45, 2.75) is 19.4 Å². The number of hydrogen-bond donors (Lipinski definition) is 2. The van der Waals surface area contributed by atoms with Crippen LogP contribution in [-0.4, -0.2) is 44.6 Å². The third-order valence-corrected chi connectivity index (χ3v) is 3.45. The zero-order chi connectivity index (χ0) is 13.8. The molecule has 7 nitrogen and oxygen atoms in total. The zero-order valence-electron chi connectivity index (χ0n) is 10.9. The van der Waals surface area contributed by atoms with E-state index in [0.29, 0.717) is 32.5 Å². The summed E-state index contributed by atoms with van der Waals surface area (Å²) in [6.45, 7) is 1.36. The lowest BCUT2D eigenvalue weighted by Gasteiger charge is -2.30. The Morgan fingerprint density at radius 3 is 2.68 bits per heavy atom. The number of aliphatic carboxylic acids is 1. The van der Waals surface area contributed by atoms with Crippen LogP contribution in [0.4, 0.5) is 4.79 Å². The molecule has 0 radical (unpaired) electrons. The number of carbonyl (C=O) groups excluding carboxylic acids is 1. The fraction of sp³-hybridized carbons (Fsp3) is 0.583. The second kappa shape index (κ2) is 5.73. The van der Waals surface area contributed by atoms with E-state index in [1.165, 1.54) is 0 Å². The van der Waals surface area contributed by atoms with Gasteiger partial charge < -0.3 is 19.9 Å².